The van der Waals surface area contributed by atoms with Gasteiger partial charge in [0.1, 0.15) is 5.76 Å². The van der Waals surface area contributed by atoms with Crippen LogP contribution in [0.5, 0.6) is 0 Å². The highest BCUT2D eigenvalue weighted by atomic mass is 16.6. The molecular weight excluding hydrogens is 212 g/mol. The van der Waals surface area contributed by atoms with E-state index in [2.05, 4.69) is 0 Å². The molecule has 1 aliphatic rings. The van der Waals surface area contributed by atoms with Gasteiger partial charge in [-0.2, -0.15) is 0 Å². The van der Waals surface area contributed by atoms with E-state index in [1.54, 1.807) is 19.1 Å². The maximum atomic E-state index is 11.4. The van der Waals surface area contributed by atoms with E-state index in [1.165, 1.54) is 6.26 Å². The van der Waals surface area contributed by atoms with Crippen LogP contribution >= 0.6 is 0 Å². The third-order valence-corrected chi connectivity index (χ3v) is 2.42. The zero-order valence-corrected chi connectivity index (χ0v) is 8.84. The van der Waals surface area contributed by atoms with Crippen LogP contribution in [0, 0.1) is 5.92 Å². The predicted octanol–water partition coefficient (Wildman–Crippen LogP) is 1.45. The van der Waals surface area contributed by atoms with Gasteiger partial charge in [-0.15, -0.1) is 0 Å². The molecule has 0 aromatic carbocycles. The fourth-order valence-corrected chi connectivity index (χ4v) is 1.66. The van der Waals surface area contributed by atoms with Crippen molar-refractivity contribution in [1.29, 1.82) is 0 Å². The third-order valence-electron chi connectivity index (χ3n) is 2.42. The van der Waals surface area contributed by atoms with Crippen molar-refractivity contribution in [1.82, 2.24) is 0 Å². The number of rotatable bonds is 3. The van der Waals surface area contributed by atoms with Crippen molar-refractivity contribution in [2.24, 2.45) is 5.92 Å². The average Bonchev–Trinajstić information content (AvgIpc) is 2.86. The first kappa shape index (κ1) is 10.7. The van der Waals surface area contributed by atoms with Crippen molar-refractivity contribution in [2.45, 2.75) is 19.4 Å². The molecule has 86 valence electrons. The van der Waals surface area contributed by atoms with Crippen molar-refractivity contribution in [3.63, 3.8) is 0 Å². The zero-order chi connectivity index (χ0) is 11.5. The highest BCUT2D eigenvalue weighted by Gasteiger charge is 2.42. The molecule has 2 heterocycles. The summed E-state index contributed by atoms with van der Waals surface area (Å²) in [5.41, 5.74) is 0. The summed E-state index contributed by atoms with van der Waals surface area (Å²) in [6, 6.07) is 3.42. The van der Waals surface area contributed by atoms with Crippen LogP contribution in [0.1, 0.15) is 25.2 Å². The minimum absolute atomic E-state index is 0.258. The lowest BCUT2D eigenvalue weighted by Crippen LogP contribution is -2.21. The fourth-order valence-electron chi connectivity index (χ4n) is 1.66. The van der Waals surface area contributed by atoms with Gasteiger partial charge in [-0.3, -0.25) is 9.59 Å². The summed E-state index contributed by atoms with van der Waals surface area (Å²) >= 11 is 0. The topological polar surface area (TPSA) is 65.7 Å². The van der Waals surface area contributed by atoms with Crippen LogP contribution < -0.4 is 0 Å². The van der Waals surface area contributed by atoms with Gasteiger partial charge in [0, 0.05) is 6.42 Å². The SMILES string of the molecule is CCOC(=O)C1CC(c2ccco2)OC1=O. The second-order valence-electron chi connectivity index (χ2n) is 3.48. The quantitative estimate of drug-likeness (QED) is 0.574. The number of ether oxygens (including phenoxy) is 2. The fraction of sp³-hybridized carbons (Fsp3) is 0.455. The van der Waals surface area contributed by atoms with Crippen molar-refractivity contribution >= 4 is 11.9 Å². The normalized spacial score (nSPS) is 24.2. The second kappa shape index (κ2) is 4.38. The molecule has 0 amide bonds. The Kier molecular flexibility index (Phi) is 2.94. The number of hydrogen-bond acceptors (Lipinski definition) is 5. The van der Waals surface area contributed by atoms with E-state index in [0.29, 0.717) is 5.76 Å². The van der Waals surface area contributed by atoms with Gasteiger partial charge >= 0.3 is 11.9 Å². The van der Waals surface area contributed by atoms with Crippen LogP contribution in [-0.4, -0.2) is 18.5 Å². The molecule has 5 nitrogen and oxygen atoms in total. The number of cyclic esters (lactones) is 1. The first-order valence-electron chi connectivity index (χ1n) is 5.13. The summed E-state index contributed by atoms with van der Waals surface area (Å²) < 4.78 is 15.0. The summed E-state index contributed by atoms with van der Waals surface area (Å²) in [7, 11) is 0. The number of carbonyl (C=O) groups is 2. The molecule has 2 atom stereocenters. The Morgan fingerprint density at radius 3 is 3.06 bits per heavy atom. The van der Waals surface area contributed by atoms with Crippen molar-refractivity contribution in [3.8, 4) is 0 Å². The van der Waals surface area contributed by atoms with E-state index in [4.69, 9.17) is 13.9 Å². The number of esters is 2. The Bertz CT molecular complexity index is 381. The van der Waals surface area contributed by atoms with E-state index in [9.17, 15) is 9.59 Å². The lowest BCUT2D eigenvalue weighted by molar-refractivity contribution is -0.156. The Labute approximate surface area is 92.3 Å². The maximum Gasteiger partial charge on any atom is 0.321 e. The molecule has 2 unspecified atom stereocenters. The third kappa shape index (κ3) is 1.93. The van der Waals surface area contributed by atoms with E-state index >= 15 is 0 Å². The lowest BCUT2D eigenvalue weighted by Gasteiger charge is -2.04. The van der Waals surface area contributed by atoms with Crippen LogP contribution in [0.3, 0.4) is 0 Å². The van der Waals surface area contributed by atoms with Crippen LogP contribution in [0.4, 0.5) is 0 Å². The Morgan fingerprint density at radius 1 is 1.62 bits per heavy atom. The van der Waals surface area contributed by atoms with Gasteiger partial charge in [0.2, 0.25) is 0 Å². The molecule has 1 saturated heterocycles. The van der Waals surface area contributed by atoms with Gasteiger partial charge in [-0.05, 0) is 19.1 Å². The molecule has 0 aliphatic carbocycles. The molecule has 0 radical (unpaired) electrons. The summed E-state index contributed by atoms with van der Waals surface area (Å²) in [5, 5.41) is 0. The van der Waals surface area contributed by atoms with Crippen molar-refractivity contribution in [3.05, 3.63) is 24.2 Å². The van der Waals surface area contributed by atoms with Gasteiger partial charge in [0.05, 0.1) is 12.9 Å². The number of furan rings is 1. The van der Waals surface area contributed by atoms with Crippen molar-refractivity contribution in [2.75, 3.05) is 6.61 Å². The minimum atomic E-state index is -0.824. The molecule has 16 heavy (non-hydrogen) atoms. The van der Waals surface area contributed by atoms with Gasteiger partial charge in [-0.25, -0.2) is 0 Å². The van der Waals surface area contributed by atoms with Gasteiger partial charge in [0.25, 0.3) is 0 Å². The number of carbonyl (C=O) groups excluding carboxylic acids is 2. The smallest absolute Gasteiger partial charge is 0.321 e. The monoisotopic (exact) mass is 224 g/mol. The molecule has 5 heteroatoms. The molecule has 1 aromatic rings. The zero-order valence-electron chi connectivity index (χ0n) is 8.84. The Morgan fingerprint density at radius 2 is 2.44 bits per heavy atom. The Balaban J connectivity index is 2.04. The average molecular weight is 224 g/mol. The molecule has 1 aromatic heterocycles. The van der Waals surface area contributed by atoms with Crippen LogP contribution in [0.25, 0.3) is 0 Å². The van der Waals surface area contributed by atoms with Crippen LogP contribution in [-0.2, 0) is 19.1 Å². The van der Waals surface area contributed by atoms with E-state index in [1.807, 2.05) is 0 Å². The van der Waals surface area contributed by atoms with E-state index in [0.717, 1.165) is 0 Å². The molecule has 2 rings (SSSR count). The van der Waals surface area contributed by atoms with Crippen molar-refractivity contribution < 1.29 is 23.5 Å². The highest BCUT2D eigenvalue weighted by Crippen LogP contribution is 2.34. The summed E-state index contributed by atoms with van der Waals surface area (Å²) in [6.07, 6.45) is 1.31. The molecule has 0 N–H and O–H groups in total. The van der Waals surface area contributed by atoms with Gasteiger partial charge in [0.15, 0.2) is 12.0 Å². The summed E-state index contributed by atoms with van der Waals surface area (Å²) in [6.45, 7) is 1.95. The van der Waals surface area contributed by atoms with E-state index in [-0.39, 0.29) is 13.0 Å². The predicted molar refractivity (Wildman–Crippen MR) is 52.3 cm³/mol. The minimum Gasteiger partial charge on any atom is -0.465 e. The first-order valence-corrected chi connectivity index (χ1v) is 5.13. The standard InChI is InChI=1S/C11H12O5/c1-2-14-10(12)7-6-9(16-11(7)13)8-4-3-5-15-8/h3-5,7,9H,2,6H2,1H3. The maximum absolute atomic E-state index is 11.4. The largest absolute Gasteiger partial charge is 0.465 e. The van der Waals surface area contributed by atoms with Crippen LogP contribution in [0.2, 0.25) is 0 Å². The molecule has 0 bridgehead atoms. The molecule has 1 fully saturated rings. The summed E-state index contributed by atoms with van der Waals surface area (Å²) in [4.78, 5) is 22.8. The molecular formula is C11H12O5. The Hall–Kier alpha value is -1.78. The lowest BCUT2D eigenvalue weighted by atomic mass is 10.0. The molecule has 0 saturated carbocycles. The van der Waals surface area contributed by atoms with Gasteiger partial charge < -0.3 is 13.9 Å². The van der Waals surface area contributed by atoms with Crippen LogP contribution in [0.15, 0.2) is 22.8 Å². The number of hydrogen-bond donors (Lipinski definition) is 0. The second-order valence-corrected chi connectivity index (χ2v) is 3.48. The highest BCUT2D eigenvalue weighted by molar-refractivity contribution is 5.96. The van der Waals surface area contributed by atoms with Gasteiger partial charge in [-0.1, -0.05) is 0 Å². The molecule has 0 spiro atoms. The van der Waals surface area contributed by atoms with E-state index < -0.39 is 24.0 Å². The first-order chi connectivity index (χ1) is 7.72. The molecule has 1 aliphatic heterocycles. The summed E-state index contributed by atoms with van der Waals surface area (Å²) in [5.74, 6) is -1.34.